The van der Waals surface area contributed by atoms with Crippen LogP contribution >= 0.6 is 11.3 Å². The molecule has 0 aliphatic rings. The third-order valence-corrected chi connectivity index (χ3v) is 4.27. The third kappa shape index (κ3) is 1.83. The van der Waals surface area contributed by atoms with E-state index in [1.54, 1.807) is 11.3 Å². The molecule has 90 valence electrons. The van der Waals surface area contributed by atoms with E-state index in [1.807, 2.05) is 0 Å². The lowest BCUT2D eigenvalue weighted by molar-refractivity contribution is 1.35. The van der Waals surface area contributed by atoms with Gasteiger partial charge in [0.15, 0.2) is 0 Å². The highest BCUT2D eigenvalue weighted by atomic mass is 32.1. The second-order valence-electron chi connectivity index (χ2n) is 4.76. The molecule has 0 unspecified atom stereocenters. The molecule has 2 heteroatoms. The zero-order valence-electron chi connectivity index (χ0n) is 10.8. The first-order valence-corrected chi connectivity index (χ1v) is 6.90. The van der Waals surface area contributed by atoms with E-state index < -0.39 is 0 Å². The number of hydrogen-bond donors (Lipinski definition) is 0. The molecule has 0 radical (unpaired) electrons. The average Bonchev–Trinajstić information content (AvgIpc) is 2.71. The molecule has 18 heavy (non-hydrogen) atoms. The van der Waals surface area contributed by atoms with E-state index in [9.17, 15) is 0 Å². The Kier molecular flexibility index (Phi) is 2.67. The van der Waals surface area contributed by atoms with Gasteiger partial charge in [0.05, 0.1) is 10.2 Å². The van der Waals surface area contributed by atoms with Crippen LogP contribution in [0.4, 0.5) is 0 Å². The number of benzene rings is 2. The topological polar surface area (TPSA) is 12.9 Å². The van der Waals surface area contributed by atoms with Crippen LogP contribution < -0.4 is 0 Å². The summed E-state index contributed by atoms with van der Waals surface area (Å²) in [6.45, 7) is 6.43. The number of hydrogen-bond acceptors (Lipinski definition) is 2. The molecule has 0 saturated carbocycles. The van der Waals surface area contributed by atoms with E-state index in [1.165, 1.54) is 27.0 Å². The van der Waals surface area contributed by atoms with E-state index in [4.69, 9.17) is 4.98 Å². The summed E-state index contributed by atoms with van der Waals surface area (Å²) in [5, 5.41) is 1.13. The monoisotopic (exact) mass is 253 g/mol. The fourth-order valence-electron chi connectivity index (χ4n) is 2.29. The van der Waals surface area contributed by atoms with Crippen molar-refractivity contribution < 1.29 is 0 Å². The van der Waals surface area contributed by atoms with E-state index >= 15 is 0 Å². The smallest absolute Gasteiger partial charge is 0.125 e. The highest BCUT2D eigenvalue weighted by Gasteiger charge is 2.10. The fourth-order valence-corrected chi connectivity index (χ4v) is 3.53. The maximum absolute atomic E-state index is 4.76. The SMILES string of the molecule is Cc1ccc2nc(-c3c(C)cccc3C)sc2c1. The molecule has 0 aliphatic carbocycles. The number of rotatable bonds is 1. The molecule has 3 aromatic rings. The van der Waals surface area contributed by atoms with Crippen LogP contribution in [-0.4, -0.2) is 4.98 Å². The Hall–Kier alpha value is -1.67. The summed E-state index contributed by atoms with van der Waals surface area (Å²) in [5.41, 5.74) is 6.27. The van der Waals surface area contributed by atoms with Crippen LogP contribution in [-0.2, 0) is 0 Å². The number of aromatic nitrogens is 1. The summed E-state index contributed by atoms with van der Waals surface area (Å²) < 4.78 is 1.27. The zero-order chi connectivity index (χ0) is 12.7. The van der Waals surface area contributed by atoms with E-state index in [0.29, 0.717) is 0 Å². The van der Waals surface area contributed by atoms with Gasteiger partial charge in [0, 0.05) is 5.56 Å². The van der Waals surface area contributed by atoms with Crippen molar-refractivity contribution in [3.05, 3.63) is 53.1 Å². The predicted octanol–water partition coefficient (Wildman–Crippen LogP) is 4.89. The molecule has 0 atom stereocenters. The van der Waals surface area contributed by atoms with Gasteiger partial charge in [0.1, 0.15) is 5.01 Å². The van der Waals surface area contributed by atoms with Crippen molar-refractivity contribution in [2.24, 2.45) is 0 Å². The molecule has 1 heterocycles. The van der Waals surface area contributed by atoms with Gasteiger partial charge in [-0.05, 0) is 49.6 Å². The maximum Gasteiger partial charge on any atom is 0.125 e. The van der Waals surface area contributed by atoms with Crippen LogP contribution in [0, 0.1) is 20.8 Å². The van der Waals surface area contributed by atoms with Crippen molar-refractivity contribution in [2.45, 2.75) is 20.8 Å². The summed E-state index contributed by atoms with van der Waals surface area (Å²) >= 11 is 1.78. The zero-order valence-corrected chi connectivity index (χ0v) is 11.6. The summed E-state index contributed by atoms with van der Waals surface area (Å²) in [6.07, 6.45) is 0. The number of thiazole rings is 1. The van der Waals surface area contributed by atoms with Crippen LogP contribution in [0.2, 0.25) is 0 Å². The normalized spacial score (nSPS) is 11.1. The Morgan fingerprint density at radius 1 is 0.944 bits per heavy atom. The Bertz CT molecular complexity index is 705. The standard InChI is InChI=1S/C16H15NS/c1-10-7-8-13-14(9-10)18-16(17-13)15-11(2)5-4-6-12(15)3/h4-9H,1-3H3. The largest absolute Gasteiger partial charge is 0.236 e. The van der Waals surface area contributed by atoms with Crippen molar-refractivity contribution >= 4 is 21.6 Å². The molecule has 0 N–H and O–H groups in total. The van der Waals surface area contributed by atoms with Crippen LogP contribution in [0.25, 0.3) is 20.8 Å². The van der Waals surface area contributed by atoms with Gasteiger partial charge in [0.25, 0.3) is 0 Å². The molecular weight excluding hydrogens is 238 g/mol. The van der Waals surface area contributed by atoms with Gasteiger partial charge in [-0.2, -0.15) is 0 Å². The lowest BCUT2D eigenvalue weighted by Gasteiger charge is -2.05. The molecule has 0 saturated heterocycles. The van der Waals surface area contributed by atoms with Crippen molar-refractivity contribution in [3.8, 4) is 10.6 Å². The molecule has 0 amide bonds. The molecule has 1 aromatic heterocycles. The average molecular weight is 253 g/mol. The number of nitrogens with zero attached hydrogens (tertiary/aromatic N) is 1. The summed E-state index contributed by atoms with van der Waals surface area (Å²) in [6, 6.07) is 12.9. The third-order valence-electron chi connectivity index (χ3n) is 3.24. The molecular formula is C16H15NS. The van der Waals surface area contributed by atoms with Gasteiger partial charge in [-0.25, -0.2) is 4.98 Å². The second-order valence-corrected chi connectivity index (χ2v) is 5.79. The first-order chi connectivity index (χ1) is 8.65. The first kappa shape index (κ1) is 11.4. The van der Waals surface area contributed by atoms with Crippen LogP contribution in [0.5, 0.6) is 0 Å². The molecule has 3 rings (SSSR count). The highest BCUT2D eigenvalue weighted by molar-refractivity contribution is 7.21. The van der Waals surface area contributed by atoms with Gasteiger partial charge in [-0.1, -0.05) is 24.3 Å². The summed E-state index contributed by atoms with van der Waals surface area (Å²) in [4.78, 5) is 4.76. The van der Waals surface area contributed by atoms with Gasteiger partial charge < -0.3 is 0 Å². The lowest BCUT2D eigenvalue weighted by Crippen LogP contribution is -1.86. The quantitative estimate of drug-likeness (QED) is 0.601. The Morgan fingerprint density at radius 3 is 2.39 bits per heavy atom. The van der Waals surface area contributed by atoms with Crippen LogP contribution in [0.3, 0.4) is 0 Å². The van der Waals surface area contributed by atoms with Gasteiger partial charge >= 0.3 is 0 Å². The van der Waals surface area contributed by atoms with E-state index in [-0.39, 0.29) is 0 Å². The highest BCUT2D eigenvalue weighted by Crippen LogP contribution is 2.34. The van der Waals surface area contributed by atoms with E-state index in [0.717, 1.165) is 10.5 Å². The Balaban J connectivity index is 2.26. The summed E-state index contributed by atoms with van der Waals surface area (Å²) in [7, 11) is 0. The van der Waals surface area contributed by atoms with Crippen molar-refractivity contribution in [1.82, 2.24) is 4.98 Å². The van der Waals surface area contributed by atoms with Crippen LogP contribution in [0.15, 0.2) is 36.4 Å². The molecule has 0 bridgehead atoms. The minimum Gasteiger partial charge on any atom is -0.236 e. The fraction of sp³-hybridized carbons (Fsp3) is 0.188. The molecule has 2 aromatic carbocycles. The van der Waals surface area contributed by atoms with Gasteiger partial charge in [-0.15, -0.1) is 11.3 Å². The van der Waals surface area contributed by atoms with E-state index in [2.05, 4.69) is 57.2 Å². The van der Waals surface area contributed by atoms with Gasteiger partial charge in [-0.3, -0.25) is 0 Å². The molecule has 0 spiro atoms. The lowest BCUT2D eigenvalue weighted by atomic mass is 10.0. The van der Waals surface area contributed by atoms with Crippen molar-refractivity contribution in [2.75, 3.05) is 0 Å². The van der Waals surface area contributed by atoms with Crippen LogP contribution in [0.1, 0.15) is 16.7 Å². The molecule has 1 nitrogen and oxygen atoms in total. The number of fused-ring (bicyclic) bond motifs is 1. The number of aryl methyl sites for hydroxylation is 3. The Labute approximate surface area is 111 Å². The Morgan fingerprint density at radius 2 is 1.67 bits per heavy atom. The first-order valence-electron chi connectivity index (χ1n) is 6.09. The second kappa shape index (κ2) is 4.21. The van der Waals surface area contributed by atoms with Gasteiger partial charge in [0.2, 0.25) is 0 Å². The summed E-state index contributed by atoms with van der Waals surface area (Å²) in [5.74, 6) is 0. The molecule has 0 fully saturated rings. The minimum absolute atomic E-state index is 1.10. The maximum atomic E-state index is 4.76. The van der Waals surface area contributed by atoms with Crippen molar-refractivity contribution in [3.63, 3.8) is 0 Å². The minimum atomic E-state index is 1.10. The van der Waals surface area contributed by atoms with Crippen molar-refractivity contribution in [1.29, 1.82) is 0 Å². The predicted molar refractivity (Wildman–Crippen MR) is 79.3 cm³/mol. The molecule has 0 aliphatic heterocycles.